The van der Waals surface area contributed by atoms with Crippen LogP contribution < -0.4 is 14.2 Å². The molecule has 2 fully saturated rings. The number of methoxy groups -OCH3 is 1. The molecule has 0 saturated carbocycles. The van der Waals surface area contributed by atoms with Crippen molar-refractivity contribution in [3.63, 3.8) is 0 Å². The van der Waals surface area contributed by atoms with Gasteiger partial charge in [0.05, 0.1) is 38.5 Å². The Labute approximate surface area is 252 Å². The number of rotatable bonds is 11. The van der Waals surface area contributed by atoms with Crippen LogP contribution in [-0.4, -0.2) is 79.7 Å². The normalized spacial score (nSPS) is 18.6. The van der Waals surface area contributed by atoms with Crippen LogP contribution in [0.1, 0.15) is 35.2 Å². The first kappa shape index (κ1) is 30.1. The number of carbonyl (C=O) groups excluding carboxylic acids is 2. The minimum absolute atomic E-state index is 0.0410. The number of ether oxygens (including phenoxy) is 4. The molecule has 3 aromatic rings. The number of nitrogens with zero attached hydrogens (tertiary/aromatic N) is 2. The third-order valence-electron chi connectivity index (χ3n) is 7.81. The summed E-state index contributed by atoms with van der Waals surface area (Å²) in [6.07, 6.45) is 0. The number of carbonyl (C=O) groups is 2. The van der Waals surface area contributed by atoms with Gasteiger partial charge in [0.25, 0.3) is 11.7 Å². The number of aliphatic hydroxyl groups is 1. The van der Waals surface area contributed by atoms with Crippen molar-refractivity contribution in [3.05, 3.63) is 94.6 Å². The van der Waals surface area contributed by atoms with E-state index in [9.17, 15) is 14.7 Å². The number of amides is 1. The van der Waals surface area contributed by atoms with E-state index in [2.05, 4.69) is 4.90 Å². The predicted octanol–water partition coefficient (Wildman–Crippen LogP) is 4.74. The Morgan fingerprint density at radius 1 is 0.953 bits per heavy atom. The van der Waals surface area contributed by atoms with Gasteiger partial charge in [0.1, 0.15) is 18.1 Å². The van der Waals surface area contributed by atoms with E-state index in [0.717, 1.165) is 18.7 Å². The molecule has 0 radical (unpaired) electrons. The molecule has 43 heavy (non-hydrogen) atoms. The number of likely N-dealkylation sites (tertiary alicyclic amines) is 1. The van der Waals surface area contributed by atoms with E-state index in [1.807, 2.05) is 56.3 Å². The highest BCUT2D eigenvalue weighted by molar-refractivity contribution is 6.46. The van der Waals surface area contributed by atoms with Crippen LogP contribution in [0.15, 0.2) is 72.3 Å². The van der Waals surface area contributed by atoms with Crippen molar-refractivity contribution in [2.45, 2.75) is 26.5 Å². The maximum atomic E-state index is 13.6. The molecule has 2 aliphatic rings. The van der Waals surface area contributed by atoms with Crippen molar-refractivity contribution < 1.29 is 33.6 Å². The van der Waals surface area contributed by atoms with Crippen molar-refractivity contribution in [2.75, 3.05) is 53.1 Å². The van der Waals surface area contributed by atoms with Crippen molar-refractivity contribution in [1.29, 1.82) is 0 Å². The summed E-state index contributed by atoms with van der Waals surface area (Å²) in [6, 6.07) is 19.7. The summed E-state index contributed by atoms with van der Waals surface area (Å²) in [5, 5.41) is 11.7. The topological polar surface area (TPSA) is 97.8 Å². The zero-order valence-corrected chi connectivity index (χ0v) is 24.9. The number of morpholine rings is 1. The van der Waals surface area contributed by atoms with Gasteiger partial charge in [-0.1, -0.05) is 36.4 Å². The first-order valence-corrected chi connectivity index (χ1v) is 14.6. The summed E-state index contributed by atoms with van der Waals surface area (Å²) in [4.78, 5) is 30.9. The molecule has 2 saturated heterocycles. The van der Waals surface area contributed by atoms with Crippen LogP contribution in [-0.2, 0) is 20.9 Å². The molecule has 2 aliphatic heterocycles. The number of hydrogen-bond donors (Lipinski definition) is 1. The molecule has 3 aromatic carbocycles. The van der Waals surface area contributed by atoms with Crippen molar-refractivity contribution in [1.82, 2.24) is 9.80 Å². The maximum absolute atomic E-state index is 13.6. The smallest absolute Gasteiger partial charge is 0.295 e. The lowest BCUT2D eigenvalue weighted by atomic mass is 9.93. The molecule has 0 aromatic heterocycles. The van der Waals surface area contributed by atoms with Crippen LogP contribution in [0.25, 0.3) is 5.76 Å². The third-order valence-corrected chi connectivity index (χ3v) is 7.81. The van der Waals surface area contributed by atoms with Crippen LogP contribution in [0.5, 0.6) is 17.2 Å². The van der Waals surface area contributed by atoms with E-state index >= 15 is 0 Å². The highest BCUT2D eigenvalue weighted by Gasteiger charge is 2.46. The molecule has 1 atom stereocenters. The van der Waals surface area contributed by atoms with E-state index in [-0.39, 0.29) is 11.3 Å². The highest BCUT2D eigenvalue weighted by atomic mass is 16.5. The molecule has 1 amide bonds. The zero-order chi connectivity index (χ0) is 30.3. The van der Waals surface area contributed by atoms with Crippen molar-refractivity contribution >= 4 is 17.4 Å². The van der Waals surface area contributed by atoms with Gasteiger partial charge in [-0.3, -0.25) is 14.5 Å². The fraction of sp³-hybridized carbons (Fsp3) is 0.353. The Morgan fingerprint density at radius 2 is 1.72 bits per heavy atom. The molecule has 226 valence electrons. The van der Waals surface area contributed by atoms with Gasteiger partial charge in [0.2, 0.25) is 0 Å². The van der Waals surface area contributed by atoms with E-state index in [0.29, 0.717) is 73.5 Å². The number of ketones is 1. The Bertz CT molecular complexity index is 1480. The monoisotopic (exact) mass is 586 g/mol. The van der Waals surface area contributed by atoms with E-state index in [1.54, 1.807) is 36.3 Å². The quantitative estimate of drug-likeness (QED) is 0.196. The van der Waals surface area contributed by atoms with Gasteiger partial charge >= 0.3 is 0 Å². The number of aryl methyl sites for hydroxylation is 1. The first-order chi connectivity index (χ1) is 20.9. The summed E-state index contributed by atoms with van der Waals surface area (Å²) in [7, 11) is 1.54. The first-order valence-electron chi connectivity index (χ1n) is 14.6. The SMILES string of the molecule is CCOc1ccc([C@@H]2/C(=C(\O)c3ccc(OCc4ccccc4)cc3C)C(=O)C(=O)N2CCN2CCOCC2)cc1OC. The Hall–Kier alpha value is -4.34. The van der Waals surface area contributed by atoms with Gasteiger partial charge < -0.3 is 29.0 Å². The molecule has 0 unspecified atom stereocenters. The minimum Gasteiger partial charge on any atom is -0.507 e. The molecule has 0 aliphatic carbocycles. The fourth-order valence-corrected chi connectivity index (χ4v) is 5.54. The lowest BCUT2D eigenvalue weighted by molar-refractivity contribution is -0.140. The number of aliphatic hydroxyl groups excluding tert-OH is 1. The predicted molar refractivity (Wildman–Crippen MR) is 162 cm³/mol. The summed E-state index contributed by atoms with van der Waals surface area (Å²) < 4.78 is 22.7. The number of hydrogen-bond acceptors (Lipinski definition) is 8. The zero-order valence-electron chi connectivity index (χ0n) is 24.9. The average Bonchev–Trinajstić information content (AvgIpc) is 3.29. The number of benzene rings is 3. The van der Waals surface area contributed by atoms with Gasteiger partial charge in [-0.2, -0.15) is 0 Å². The van der Waals surface area contributed by atoms with E-state index in [4.69, 9.17) is 18.9 Å². The highest BCUT2D eigenvalue weighted by Crippen LogP contribution is 2.42. The lowest BCUT2D eigenvalue weighted by Gasteiger charge is -2.31. The minimum atomic E-state index is -0.806. The standard InChI is InChI=1S/C34H38N2O7/c1-4-42-28-13-10-25(21-29(28)40-3)31-30(33(38)34(39)36(31)15-14-35-16-18-41-19-17-35)32(37)27-12-11-26(20-23(27)2)43-22-24-8-6-5-7-9-24/h5-13,20-21,31,37H,4,14-19,22H2,1-3H3/b32-30+/t31-/m1/s1. The van der Waals surface area contributed by atoms with Crippen LogP contribution in [0.2, 0.25) is 0 Å². The molecule has 5 rings (SSSR count). The number of Topliss-reactive ketones (excluding diaryl/α,β-unsaturated/α-hetero) is 1. The molecule has 9 heteroatoms. The lowest BCUT2D eigenvalue weighted by Crippen LogP contribution is -2.42. The van der Waals surface area contributed by atoms with Crippen molar-refractivity contribution in [2.24, 2.45) is 0 Å². The summed E-state index contributed by atoms with van der Waals surface area (Å²) in [5.41, 5.74) is 2.89. The van der Waals surface area contributed by atoms with Gasteiger partial charge in [0.15, 0.2) is 11.5 Å². The summed E-state index contributed by atoms with van der Waals surface area (Å²) in [5.74, 6) is 0.0817. The molecular formula is C34H38N2O7. The second-order valence-electron chi connectivity index (χ2n) is 10.5. The second kappa shape index (κ2) is 13.8. The van der Waals surface area contributed by atoms with E-state index < -0.39 is 17.7 Å². The Kier molecular flexibility index (Phi) is 9.64. The molecule has 2 heterocycles. The summed E-state index contributed by atoms with van der Waals surface area (Å²) >= 11 is 0. The molecule has 9 nitrogen and oxygen atoms in total. The van der Waals surface area contributed by atoms with Gasteiger partial charge in [0, 0.05) is 31.7 Å². The van der Waals surface area contributed by atoms with Crippen LogP contribution >= 0.6 is 0 Å². The summed E-state index contributed by atoms with van der Waals surface area (Å²) in [6.45, 7) is 8.23. The average molecular weight is 587 g/mol. The maximum Gasteiger partial charge on any atom is 0.295 e. The van der Waals surface area contributed by atoms with Crippen LogP contribution in [0.3, 0.4) is 0 Å². The Morgan fingerprint density at radius 3 is 2.42 bits per heavy atom. The van der Waals surface area contributed by atoms with Crippen molar-refractivity contribution in [3.8, 4) is 17.2 Å². The molecule has 0 bridgehead atoms. The van der Waals surface area contributed by atoms with Gasteiger partial charge in [-0.05, 0) is 60.9 Å². The molecular weight excluding hydrogens is 548 g/mol. The largest absolute Gasteiger partial charge is 0.507 e. The molecule has 1 N–H and O–H groups in total. The van der Waals surface area contributed by atoms with Crippen LogP contribution in [0.4, 0.5) is 0 Å². The molecule has 0 spiro atoms. The second-order valence-corrected chi connectivity index (χ2v) is 10.5. The van der Waals surface area contributed by atoms with Gasteiger partial charge in [-0.15, -0.1) is 0 Å². The third kappa shape index (κ3) is 6.68. The Balaban J connectivity index is 1.50. The fourth-order valence-electron chi connectivity index (χ4n) is 5.54. The van der Waals surface area contributed by atoms with Crippen LogP contribution in [0, 0.1) is 6.92 Å². The van der Waals surface area contributed by atoms with E-state index in [1.165, 1.54) is 0 Å². The van der Waals surface area contributed by atoms with Gasteiger partial charge in [-0.25, -0.2) is 0 Å².